The third-order valence-electron chi connectivity index (χ3n) is 5.30. The number of hydrogen-bond acceptors (Lipinski definition) is 9. The van der Waals surface area contributed by atoms with E-state index in [1.807, 2.05) is 23.6 Å². The molecule has 1 aliphatic rings. The Morgan fingerprint density at radius 1 is 1.18 bits per heavy atom. The molecule has 8 nitrogen and oxygen atoms in total. The molecule has 0 amide bonds. The van der Waals surface area contributed by atoms with Gasteiger partial charge in [-0.25, -0.2) is 9.79 Å². The number of benzene rings is 1. The summed E-state index contributed by atoms with van der Waals surface area (Å²) in [5, 5.41) is 1.91. The lowest BCUT2D eigenvalue weighted by molar-refractivity contribution is -0.140. The first-order valence-corrected chi connectivity index (χ1v) is 12.1. The first-order valence-electron chi connectivity index (χ1n) is 10.4. The van der Waals surface area contributed by atoms with Gasteiger partial charge in [-0.05, 0) is 36.6 Å². The Balaban J connectivity index is 1.85. The average Bonchev–Trinajstić information content (AvgIpc) is 3.47. The predicted octanol–water partition coefficient (Wildman–Crippen LogP) is 2.50. The van der Waals surface area contributed by atoms with Crippen LogP contribution in [0.3, 0.4) is 0 Å². The fraction of sp³-hybridized carbons (Fsp3) is 0.292. The van der Waals surface area contributed by atoms with Crippen molar-refractivity contribution in [2.75, 3.05) is 34.5 Å². The number of methoxy groups -OCH3 is 3. The number of rotatable bonds is 8. The van der Waals surface area contributed by atoms with Gasteiger partial charge in [0.25, 0.3) is 5.56 Å². The molecule has 1 aromatic carbocycles. The molecule has 3 aromatic rings. The number of nitrogens with zero attached hydrogens (tertiary/aromatic N) is 2. The number of thiazole rings is 1. The molecule has 0 saturated heterocycles. The number of allylic oxidation sites excluding steroid dienone is 1. The normalized spacial score (nSPS) is 15.6. The largest absolute Gasteiger partial charge is 0.497 e. The van der Waals surface area contributed by atoms with Crippen molar-refractivity contribution in [1.82, 2.24) is 4.57 Å². The summed E-state index contributed by atoms with van der Waals surface area (Å²) in [6.07, 6.45) is 1.77. The summed E-state index contributed by atoms with van der Waals surface area (Å²) >= 11 is 2.73. The quantitative estimate of drug-likeness (QED) is 0.349. The van der Waals surface area contributed by atoms with Crippen molar-refractivity contribution in [2.24, 2.45) is 4.99 Å². The molecule has 0 fully saturated rings. The van der Waals surface area contributed by atoms with Crippen molar-refractivity contribution in [3.8, 4) is 11.5 Å². The van der Waals surface area contributed by atoms with Gasteiger partial charge in [-0.15, -0.1) is 11.3 Å². The lowest BCUT2D eigenvalue weighted by atomic mass is 10.0. The number of fused-ring (bicyclic) bond motifs is 1. The fourth-order valence-electron chi connectivity index (χ4n) is 3.67. The summed E-state index contributed by atoms with van der Waals surface area (Å²) in [5.74, 6) is 0.724. The Bertz CT molecular complexity index is 1400. The van der Waals surface area contributed by atoms with Crippen molar-refractivity contribution < 1.29 is 23.7 Å². The zero-order valence-electron chi connectivity index (χ0n) is 19.2. The second kappa shape index (κ2) is 10.4. The van der Waals surface area contributed by atoms with Crippen molar-refractivity contribution in [3.63, 3.8) is 0 Å². The van der Waals surface area contributed by atoms with Crippen LogP contribution in [0.1, 0.15) is 23.4 Å². The number of ether oxygens (including phenoxy) is 4. The number of hydrogen-bond donors (Lipinski definition) is 0. The van der Waals surface area contributed by atoms with E-state index in [2.05, 4.69) is 4.99 Å². The van der Waals surface area contributed by atoms with E-state index in [0.717, 1.165) is 10.4 Å². The van der Waals surface area contributed by atoms with E-state index in [9.17, 15) is 9.59 Å². The van der Waals surface area contributed by atoms with Crippen molar-refractivity contribution in [3.05, 3.63) is 77.1 Å². The molecule has 1 unspecified atom stereocenters. The number of esters is 1. The molecule has 34 heavy (non-hydrogen) atoms. The molecule has 1 atom stereocenters. The van der Waals surface area contributed by atoms with Gasteiger partial charge in [0.1, 0.15) is 24.1 Å². The summed E-state index contributed by atoms with van der Waals surface area (Å²) in [4.78, 5) is 32.6. The van der Waals surface area contributed by atoms with Crippen molar-refractivity contribution >= 4 is 34.7 Å². The molecule has 10 heteroatoms. The van der Waals surface area contributed by atoms with E-state index >= 15 is 0 Å². The average molecular weight is 501 g/mol. The van der Waals surface area contributed by atoms with Gasteiger partial charge in [0.05, 0.1) is 36.6 Å². The van der Waals surface area contributed by atoms with Crippen LogP contribution in [0.15, 0.2) is 56.8 Å². The van der Waals surface area contributed by atoms with Crippen LogP contribution in [-0.2, 0) is 14.3 Å². The number of carbonyl (C=O) groups is 1. The minimum atomic E-state index is -0.619. The molecule has 0 aliphatic carbocycles. The topological polar surface area (TPSA) is 88.4 Å². The maximum Gasteiger partial charge on any atom is 0.338 e. The Labute approximate surface area is 204 Å². The Kier molecular flexibility index (Phi) is 7.30. The van der Waals surface area contributed by atoms with Gasteiger partial charge in [0.15, 0.2) is 4.80 Å². The monoisotopic (exact) mass is 500 g/mol. The summed E-state index contributed by atoms with van der Waals surface area (Å²) in [5.41, 5.74) is 1.36. The van der Waals surface area contributed by atoms with E-state index in [1.54, 1.807) is 43.9 Å². The Morgan fingerprint density at radius 3 is 2.68 bits per heavy atom. The first kappa shape index (κ1) is 23.9. The van der Waals surface area contributed by atoms with Crippen LogP contribution in [0, 0.1) is 0 Å². The minimum absolute atomic E-state index is 0.116. The second-order valence-corrected chi connectivity index (χ2v) is 9.32. The van der Waals surface area contributed by atoms with Gasteiger partial charge < -0.3 is 18.9 Å². The molecule has 178 valence electrons. The highest BCUT2D eigenvalue weighted by Gasteiger charge is 2.34. The van der Waals surface area contributed by atoms with E-state index in [-0.39, 0.29) is 18.8 Å². The zero-order chi connectivity index (χ0) is 24.2. The highest BCUT2D eigenvalue weighted by Crippen LogP contribution is 2.33. The van der Waals surface area contributed by atoms with Gasteiger partial charge >= 0.3 is 5.97 Å². The molecule has 2 aromatic heterocycles. The third-order valence-corrected chi connectivity index (χ3v) is 7.21. The lowest BCUT2D eigenvalue weighted by Gasteiger charge is -2.23. The van der Waals surface area contributed by atoms with Crippen LogP contribution in [0.5, 0.6) is 11.5 Å². The van der Waals surface area contributed by atoms with Crippen LogP contribution in [0.25, 0.3) is 6.08 Å². The maximum atomic E-state index is 13.6. The molecule has 0 saturated carbocycles. The minimum Gasteiger partial charge on any atom is -0.497 e. The molecule has 3 heterocycles. The van der Waals surface area contributed by atoms with E-state index in [1.165, 1.54) is 29.8 Å². The number of carbonyl (C=O) groups excluding carboxylic acids is 1. The smallest absolute Gasteiger partial charge is 0.338 e. The SMILES string of the molecule is COCCOC(=O)C1=C(C)N=c2s/c(=C/c3ccc(OC)cc3OC)c(=O)n2C1c1cccs1. The Morgan fingerprint density at radius 2 is 2.00 bits per heavy atom. The third kappa shape index (κ3) is 4.56. The van der Waals surface area contributed by atoms with Gasteiger partial charge in [-0.2, -0.15) is 0 Å². The van der Waals surface area contributed by atoms with Gasteiger partial charge in [-0.3, -0.25) is 9.36 Å². The molecular weight excluding hydrogens is 476 g/mol. The summed E-state index contributed by atoms with van der Waals surface area (Å²) in [7, 11) is 4.68. The van der Waals surface area contributed by atoms with E-state index in [4.69, 9.17) is 18.9 Å². The molecule has 4 rings (SSSR count). The van der Waals surface area contributed by atoms with Crippen LogP contribution >= 0.6 is 22.7 Å². The van der Waals surface area contributed by atoms with E-state index < -0.39 is 12.0 Å². The number of aromatic nitrogens is 1. The summed E-state index contributed by atoms with van der Waals surface area (Å²) in [6.45, 7) is 2.16. The lowest BCUT2D eigenvalue weighted by Crippen LogP contribution is -2.39. The molecule has 0 bridgehead atoms. The zero-order valence-corrected chi connectivity index (χ0v) is 20.8. The number of thiophene rings is 1. The van der Waals surface area contributed by atoms with Gasteiger partial charge in [-0.1, -0.05) is 17.4 Å². The predicted molar refractivity (Wildman–Crippen MR) is 130 cm³/mol. The van der Waals surface area contributed by atoms with Crippen LogP contribution in [0.4, 0.5) is 0 Å². The van der Waals surface area contributed by atoms with Gasteiger partial charge in [0.2, 0.25) is 0 Å². The standard InChI is InChI=1S/C24H24N2O6S2/c1-14-20(23(28)32-10-9-29-2)21(18-6-5-11-33-18)26-22(27)19(34-24(26)25-14)12-15-7-8-16(30-3)13-17(15)31-4/h5-8,11-13,21H,9-10H2,1-4H3/b19-12+. The molecule has 0 N–H and O–H groups in total. The van der Waals surface area contributed by atoms with Crippen LogP contribution < -0.4 is 24.4 Å². The van der Waals surface area contributed by atoms with Crippen molar-refractivity contribution in [1.29, 1.82) is 0 Å². The van der Waals surface area contributed by atoms with Crippen LogP contribution in [0.2, 0.25) is 0 Å². The van der Waals surface area contributed by atoms with Gasteiger partial charge in [0, 0.05) is 23.6 Å². The van der Waals surface area contributed by atoms with Crippen LogP contribution in [-0.4, -0.2) is 45.1 Å². The molecule has 1 aliphatic heterocycles. The highest BCUT2D eigenvalue weighted by molar-refractivity contribution is 7.10. The summed E-state index contributed by atoms with van der Waals surface area (Å²) in [6, 6.07) is 8.57. The Hall–Kier alpha value is -3.21. The first-order chi connectivity index (χ1) is 16.5. The fourth-order valence-corrected chi connectivity index (χ4v) is 5.53. The van der Waals surface area contributed by atoms with E-state index in [0.29, 0.717) is 32.1 Å². The maximum absolute atomic E-state index is 13.6. The molecule has 0 radical (unpaired) electrons. The summed E-state index contributed by atoms with van der Waals surface area (Å²) < 4.78 is 23.2. The molecular formula is C24H24N2O6S2. The molecule has 0 spiro atoms. The van der Waals surface area contributed by atoms with Crippen molar-refractivity contribution in [2.45, 2.75) is 13.0 Å². The highest BCUT2D eigenvalue weighted by atomic mass is 32.1. The second-order valence-electron chi connectivity index (χ2n) is 7.33.